The van der Waals surface area contributed by atoms with E-state index in [4.69, 9.17) is 0 Å². The molecule has 0 saturated carbocycles. The molecule has 1 aliphatic heterocycles. The van der Waals surface area contributed by atoms with Gasteiger partial charge in [0.05, 0.1) is 11.6 Å². The Morgan fingerprint density at radius 3 is 2.00 bits per heavy atom. The molecule has 0 bridgehead atoms. The van der Waals surface area contributed by atoms with Gasteiger partial charge in [-0.2, -0.15) is 0 Å². The number of hydrogen-bond donors (Lipinski definition) is 2. The van der Waals surface area contributed by atoms with Gasteiger partial charge in [-0.25, -0.2) is 0 Å². The molecular formula is C30H29N3O3. The Labute approximate surface area is 211 Å². The monoisotopic (exact) mass is 479 g/mol. The summed E-state index contributed by atoms with van der Waals surface area (Å²) in [6, 6.07) is 26.1. The molecule has 2 N–H and O–H groups in total. The Bertz CT molecular complexity index is 1300. The highest BCUT2D eigenvalue weighted by Gasteiger charge is 2.25. The molecule has 1 saturated heterocycles. The summed E-state index contributed by atoms with van der Waals surface area (Å²) in [5.41, 5.74) is 5.62. The Morgan fingerprint density at radius 2 is 1.42 bits per heavy atom. The van der Waals surface area contributed by atoms with Crippen LogP contribution in [0.3, 0.4) is 0 Å². The number of carbonyl (C=O) groups is 1. The van der Waals surface area contributed by atoms with Crippen LogP contribution in [0.5, 0.6) is 11.5 Å². The molecule has 0 spiro atoms. The van der Waals surface area contributed by atoms with Gasteiger partial charge < -0.3 is 20.0 Å². The topological polar surface area (TPSA) is 76.9 Å². The summed E-state index contributed by atoms with van der Waals surface area (Å²) in [6.45, 7) is 4.98. The van der Waals surface area contributed by atoms with Crippen molar-refractivity contribution in [3.63, 3.8) is 0 Å². The van der Waals surface area contributed by atoms with E-state index in [2.05, 4.69) is 41.1 Å². The zero-order valence-corrected chi connectivity index (χ0v) is 20.2. The molecule has 1 amide bonds. The first-order valence-corrected chi connectivity index (χ1v) is 12.1. The molecule has 6 heteroatoms. The van der Waals surface area contributed by atoms with Gasteiger partial charge in [0.2, 0.25) is 0 Å². The van der Waals surface area contributed by atoms with E-state index in [-0.39, 0.29) is 23.3 Å². The molecular weight excluding hydrogens is 450 g/mol. The highest BCUT2D eigenvalue weighted by molar-refractivity contribution is 5.94. The Balaban J connectivity index is 1.38. The van der Waals surface area contributed by atoms with Crippen LogP contribution in [-0.4, -0.2) is 52.2 Å². The average Bonchev–Trinajstić information content (AvgIpc) is 2.91. The summed E-state index contributed by atoms with van der Waals surface area (Å²) in [6.07, 6.45) is 1.68. The van der Waals surface area contributed by atoms with Crippen molar-refractivity contribution in [3.8, 4) is 11.5 Å². The predicted molar refractivity (Wildman–Crippen MR) is 141 cm³/mol. The second kappa shape index (κ2) is 10.1. The van der Waals surface area contributed by atoms with Gasteiger partial charge in [-0.3, -0.25) is 9.78 Å². The molecule has 6 nitrogen and oxygen atoms in total. The summed E-state index contributed by atoms with van der Waals surface area (Å²) in [4.78, 5) is 22.3. The van der Waals surface area contributed by atoms with Crippen molar-refractivity contribution in [1.29, 1.82) is 0 Å². The van der Waals surface area contributed by atoms with Gasteiger partial charge in [-0.05, 0) is 72.1 Å². The number of phenols is 2. The fourth-order valence-electron chi connectivity index (χ4n) is 4.78. The number of benzene rings is 3. The van der Waals surface area contributed by atoms with Crippen molar-refractivity contribution in [3.05, 3.63) is 119 Å². The van der Waals surface area contributed by atoms with Crippen molar-refractivity contribution < 1.29 is 15.0 Å². The molecule has 1 aliphatic rings. The average molecular weight is 480 g/mol. The van der Waals surface area contributed by atoms with Crippen molar-refractivity contribution in [1.82, 2.24) is 9.88 Å². The van der Waals surface area contributed by atoms with Crippen LogP contribution in [0.4, 0.5) is 5.69 Å². The number of pyridine rings is 1. The molecule has 3 aromatic carbocycles. The number of aromatic hydroxyl groups is 2. The van der Waals surface area contributed by atoms with Crippen molar-refractivity contribution in [2.45, 2.75) is 12.8 Å². The van der Waals surface area contributed by atoms with E-state index < -0.39 is 0 Å². The largest absolute Gasteiger partial charge is 0.508 e. The van der Waals surface area contributed by atoms with Crippen LogP contribution in [0.2, 0.25) is 0 Å². The Kier molecular flexibility index (Phi) is 6.58. The number of aromatic nitrogens is 1. The normalized spacial score (nSPS) is 13.7. The number of amides is 1. The standard InChI is InChI=1S/C30H29N3O3/c1-21-3-2-4-25(19-21)32-15-17-33(18-16-32)30(36)24-13-14-31-28(20-24)29(22-5-9-26(34)10-6-22)23-7-11-27(35)12-8-23/h2-14,19-20,29,34-35H,15-18H2,1H3. The van der Waals surface area contributed by atoms with Crippen LogP contribution < -0.4 is 4.90 Å². The number of rotatable bonds is 5. The van der Waals surface area contributed by atoms with Crippen molar-refractivity contribution in [2.75, 3.05) is 31.1 Å². The number of phenolic OH excluding ortho intramolecular Hbond substituents is 2. The maximum atomic E-state index is 13.4. The first-order chi connectivity index (χ1) is 17.5. The van der Waals surface area contributed by atoms with Crippen LogP contribution in [0.1, 0.15) is 38.7 Å². The quantitative estimate of drug-likeness (QED) is 0.424. The summed E-state index contributed by atoms with van der Waals surface area (Å²) in [5.74, 6) is 0.115. The third-order valence-corrected chi connectivity index (χ3v) is 6.71. The number of nitrogens with zero attached hydrogens (tertiary/aromatic N) is 3. The van der Waals surface area contributed by atoms with Gasteiger partial charge in [0.1, 0.15) is 11.5 Å². The minimum Gasteiger partial charge on any atom is -0.508 e. The lowest BCUT2D eigenvalue weighted by Crippen LogP contribution is -2.48. The second-order valence-electron chi connectivity index (χ2n) is 9.20. The lowest BCUT2D eigenvalue weighted by Gasteiger charge is -2.36. The van der Waals surface area contributed by atoms with E-state index in [0.717, 1.165) is 29.9 Å². The van der Waals surface area contributed by atoms with Gasteiger partial charge in [0.25, 0.3) is 5.91 Å². The van der Waals surface area contributed by atoms with Gasteiger partial charge >= 0.3 is 0 Å². The molecule has 36 heavy (non-hydrogen) atoms. The maximum absolute atomic E-state index is 13.4. The Morgan fingerprint density at radius 1 is 0.806 bits per heavy atom. The molecule has 182 valence electrons. The fourth-order valence-corrected chi connectivity index (χ4v) is 4.78. The third-order valence-electron chi connectivity index (χ3n) is 6.71. The molecule has 1 fully saturated rings. The minimum atomic E-state index is -0.253. The van der Waals surface area contributed by atoms with Crippen molar-refractivity contribution in [2.24, 2.45) is 0 Å². The molecule has 0 atom stereocenters. The zero-order chi connectivity index (χ0) is 25.1. The predicted octanol–water partition coefficient (Wildman–Crippen LogP) is 4.94. The molecule has 0 unspecified atom stereocenters. The second-order valence-corrected chi connectivity index (χ2v) is 9.20. The third kappa shape index (κ3) is 5.03. The zero-order valence-electron chi connectivity index (χ0n) is 20.2. The molecule has 4 aromatic rings. The highest BCUT2D eigenvalue weighted by atomic mass is 16.3. The molecule has 0 aliphatic carbocycles. The van der Waals surface area contributed by atoms with Crippen molar-refractivity contribution >= 4 is 11.6 Å². The first-order valence-electron chi connectivity index (χ1n) is 12.1. The fraction of sp³-hybridized carbons (Fsp3) is 0.200. The number of aryl methyl sites for hydroxylation is 1. The summed E-state index contributed by atoms with van der Waals surface area (Å²) in [5, 5.41) is 19.6. The molecule has 5 rings (SSSR count). The number of piperazine rings is 1. The van der Waals surface area contributed by atoms with Crippen LogP contribution in [0, 0.1) is 6.92 Å². The lowest BCUT2D eigenvalue weighted by molar-refractivity contribution is 0.0746. The van der Waals surface area contributed by atoms with E-state index in [1.165, 1.54) is 11.3 Å². The highest BCUT2D eigenvalue weighted by Crippen LogP contribution is 2.33. The lowest BCUT2D eigenvalue weighted by atomic mass is 9.87. The molecule has 0 radical (unpaired) electrons. The van der Waals surface area contributed by atoms with E-state index >= 15 is 0 Å². The smallest absolute Gasteiger partial charge is 0.254 e. The van der Waals surface area contributed by atoms with Gasteiger partial charge in [-0.15, -0.1) is 0 Å². The van der Waals surface area contributed by atoms with E-state index in [9.17, 15) is 15.0 Å². The summed E-state index contributed by atoms with van der Waals surface area (Å²) in [7, 11) is 0. The van der Waals surface area contributed by atoms with Crippen LogP contribution in [-0.2, 0) is 0 Å². The maximum Gasteiger partial charge on any atom is 0.254 e. The van der Waals surface area contributed by atoms with E-state index in [0.29, 0.717) is 18.7 Å². The van der Waals surface area contributed by atoms with Gasteiger partial charge in [-0.1, -0.05) is 36.4 Å². The Hall–Kier alpha value is -4.32. The van der Waals surface area contributed by atoms with Crippen LogP contribution >= 0.6 is 0 Å². The van der Waals surface area contributed by atoms with Gasteiger partial charge in [0.15, 0.2) is 0 Å². The molecule has 1 aromatic heterocycles. The van der Waals surface area contributed by atoms with E-state index in [1.54, 1.807) is 36.5 Å². The first kappa shape index (κ1) is 23.4. The number of anilines is 1. The van der Waals surface area contributed by atoms with Gasteiger partial charge in [0, 0.05) is 43.6 Å². The SMILES string of the molecule is Cc1cccc(N2CCN(C(=O)c3ccnc(C(c4ccc(O)cc4)c4ccc(O)cc4)c3)CC2)c1. The number of carbonyl (C=O) groups excluding carboxylic acids is 1. The molecule has 2 heterocycles. The minimum absolute atomic E-state index is 0.00213. The van der Waals surface area contributed by atoms with Crippen LogP contribution in [0.25, 0.3) is 0 Å². The summed E-state index contributed by atoms with van der Waals surface area (Å²) < 4.78 is 0. The van der Waals surface area contributed by atoms with Crippen LogP contribution in [0.15, 0.2) is 91.1 Å². The summed E-state index contributed by atoms with van der Waals surface area (Å²) >= 11 is 0. The number of hydrogen-bond acceptors (Lipinski definition) is 5. The van der Waals surface area contributed by atoms with E-state index in [1.807, 2.05) is 35.2 Å².